The number of nitrogens with one attached hydrogen (secondary N) is 5. The first-order chi connectivity index (χ1) is 29.1. The van der Waals surface area contributed by atoms with Crippen LogP contribution >= 0.6 is 0 Å². The average molecular weight is 828 g/mol. The molecule has 0 saturated heterocycles. The van der Waals surface area contributed by atoms with Crippen LogP contribution in [-0.4, -0.2) is 71.2 Å². The zero-order chi connectivity index (χ0) is 44.6. The lowest BCUT2D eigenvalue weighted by Gasteiger charge is -2.18. The van der Waals surface area contributed by atoms with E-state index in [9.17, 15) is 38.7 Å². The summed E-state index contributed by atoms with van der Waals surface area (Å²) in [5, 5.41) is 41.9. The minimum Gasteiger partial charge on any atom is -0.504 e. The van der Waals surface area contributed by atoms with Crippen LogP contribution in [-0.2, 0) is 9.59 Å². The Bertz CT molecular complexity index is 2450. The molecule has 1 atom stereocenters. The minimum absolute atomic E-state index is 0.0468. The molecule has 5 aromatic rings. The highest BCUT2D eigenvalue weighted by atomic mass is 16.5. The van der Waals surface area contributed by atoms with Crippen LogP contribution < -0.4 is 37.1 Å². The van der Waals surface area contributed by atoms with Gasteiger partial charge in [0.15, 0.2) is 11.5 Å². The Hall–Kier alpha value is -8.36. The number of carboxylic acid groups (broad SMARTS) is 1. The van der Waals surface area contributed by atoms with Crippen molar-refractivity contribution in [1.29, 1.82) is 5.26 Å². The van der Waals surface area contributed by atoms with E-state index in [1.807, 2.05) is 6.07 Å². The van der Waals surface area contributed by atoms with Gasteiger partial charge in [0.1, 0.15) is 6.29 Å². The Kier molecular flexibility index (Phi) is 15.9. The van der Waals surface area contributed by atoms with Gasteiger partial charge in [-0.05, 0) is 130 Å². The molecule has 312 valence electrons. The van der Waals surface area contributed by atoms with Gasteiger partial charge in [-0.25, -0.2) is 4.79 Å². The molecule has 0 aliphatic rings. The number of phenolic OH excluding ortho intramolecular Hbond substituents is 1. The molecular formula is C44H41N7O10. The molecule has 0 saturated carbocycles. The van der Waals surface area contributed by atoms with Crippen LogP contribution in [0.1, 0.15) is 77.6 Å². The number of hydrogen-bond acceptors (Lipinski definition) is 11. The van der Waals surface area contributed by atoms with Crippen molar-refractivity contribution >= 4 is 64.5 Å². The fourth-order valence-electron chi connectivity index (χ4n) is 5.30. The van der Waals surface area contributed by atoms with E-state index in [0.29, 0.717) is 33.8 Å². The maximum Gasteiger partial charge on any atom is 0.335 e. The second-order valence-corrected chi connectivity index (χ2v) is 13.3. The predicted octanol–water partition coefficient (Wildman–Crippen LogP) is 5.41. The molecule has 0 bridgehead atoms. The Balaban J connectivity index is 0.000000357. The molecule has 0 spiro atoms. The number of benzene rings is 5. The number of phenols is 1. The van der Waals surface area contributed by atoms with Gasteiger partial charge in [0.25, 0.3) is 17.7 Å². The van der Waals surface area contributed by atoms with Crippen LogP contribution in [0.5, 0.6) is 11.5 Å². The van der Waals surface area contributed by atoms with Crippen molar-refractivity contribution in [3.05, 3.63) is 143 Å². The molecule has 17 nitrogen and oxygen atoms in total. The number of rotatable bonds is 15. The lowest BCUT2D eigenvalue weighted by molar-refractivity contribution is -0.123. The van der Waals surface area contributed by atoms with E-state index in [1.165, 1.54) is 67.7 Å². The number of carboxylic acids is 1. The first-order valence-electron chi connectivity index (χ1n) is 18.3. The summed E-state index contributed by atoms with van der Waals surface area (Å²) in [5.41, 5.74) is 8.23. The molecular weight excluding hydrogens is 787 g/mol. The second kappa shape index (κ2) is 21.4. The number of likely N-dealkylation sites (N-methyl/N-ethyl adjacent to an activating group) is 1. The number of aldehydes is 1. The number of nitrogens with two attached hydrogens (primary N) is 1. The predicted molar refractivity (Wildman–Crippen MR) is 226 cm³/mol. The summed E-state index contributed by atoms with van der Waals surface area (Å²) in [6, 6.07) is 28.2. The number of primary amides is 1. The summed E-state index contributed by atoms with van der Waals surface area (Å²) in [5.74, 6) is -4.35. The highest BCUT2D eigenvalue weighted by molar-refractivity contribution is 6.10. The van der Waals surface area contributed by atoms with Gasteiger partial charge in [0.05, 0.1) is 47.0 Å². The van der Waals surface area contributed by atoms with E-state index in [4.69, 9.17) is 20.8 Å². The lowest BCUT2D eigenvalue weighted by atomic mass is 10.1. The summed E-state index contributed by atoms with van der Waals surface area (Å²) in [4.78, 5) is 82.8. The number of hydrogen-bond donors (Lipinski definition) is 8. The molecule has 5 aromatic carbocycles. The molecule has 0 aliphatic heterocycles. The summed E-state index contributed by atoms with van der Waals surface area (Å²) in [6.45, 7) is 3.41. The van der Waals surface area contributed by atoms with Crippen LogP contribution in [0, 0.1) is 11.3 Å². The van der Waals surface area contributed by atoms with Crippen LogP contribution in [0.15, 0.2) is 109 Å². The number of carbonyl (C=O) groups excluding carboxylic acids is 6. The van der Waals surface area contributed by atoms with Gasteiger partial charge in [-0.3, -0.25) is 28.8 Å². The maximum atomic E-state index is 13.0. The fraction of sp³-hybridized carbons (Fsp3) is 0.136. The fourth-order valence-corrected chi connectivity index (χ4v) is 5.30. The first-order valence-corrected chi connectivity index (χ1v) is 18.3. The molecule has 0 heterocycles. The van der Waals surface area contributed by atoms with Crippen molar-refractivity contribution in [3.8, 4) is 17.6 Å². The zero-order valence-electron chi connectivity index (χ0n) is 33.0. The van der Waals surface area contributed by atoms with E-state index >= 15 is 0 Å². The highest BCUT2D eigenvalue weighted by Gasteiger charge is 2.23. The molecule has 0 aliphatic carbocycles. The van der Waals surface area contributed by atoms with E-state index in [0.717, 1.165) is 6.29 Å². The van der Waals surface area contributed by atoms with Gasteiger partial charge >= 0.3 is 5.97 Å². The van der Waals surface area contributed by atoms with Gasteiger partial charge in [-0.2, -0.15) is 5.26 Å². The SMILES string of the molecule is CNC(CC(N)=O)C(=O)Nc1ccc(C(=O)Nc2ccc(C(=O)Nc3ccc(C(=O)O)cc3)c(O)c2OC(C)C)cc1.N#Cc1ccc(C(=O)Nc2ccc(C=O)cc2)cc1. The number of aromatic hydroxyl groups is 1. The number of nitriles is 1. The van der Waals surface area contributed by atoms with E-state index in [1.54, 1.807) is 62.4 Å². The van der Waals surface area contributed by atoms with Crippen molar-refractivity contribution in [2.45, 2.75) is 32.4 Å². The number of aromatic carboxylic acids is 1. The van der Waals surface area contributed by atoms with Crippen molar-refractivity contribution in [2.24, 2.45) is 5.73 Å². The van der Waals surface area contributed by atoms with Crippen LogP contribution in [0.3, 0.4) is 0 Å². The monoisotopic (exact) mass is 827 g/mol. The van der Waals surface area contributed by atoms with Crippen molar-refractivity contribution in [3.63, 3.8) is 0 Å². The normalized spacial score (nSPS) is 10.7. The zero-order valence-corrected chi connectivity index (χ0v) is 33.0. The van der Waals surface area contributed by atoms with E-state index in [-0.39, 0.29) is 40.5 Å². The number of amides is 5. The third kappa shape index (κ3) is 13.1. The van der Waals surface area contributed by atoms with Crippen molar-refractivity contribution < 1.29 is 48.5 Å². The Morgan fingerprint density at radius 2 is 1.20 bits per heavy atom. The number of anilines is 4. The molecule has 5 amide bonds. The van der Waals surface area contributed by atoms with Gasteiger partial charge in [-0.1, -0.05) is 0 Å². The van der Waals surface area contributed by atoms with Gasteiger partial charge < -0.3 is 47.3 Å². The molecule has 61 heavy (non-hydrogen) atoms. The topological polar surface area (TPSA) is 279 Å². The second-order valence-electron chi connectivity index (χ2n) is 13.3. The quantitative estimate of drug-likeness (QED) is 0.0616. The maximum absolute atomic E-state index is 13.0. The molecule has 5 rings (SSSR count). The molecule has 9 N–H and O–H groups in total. The van der Waals surface area contributed by atoms with Crippen LogP contribution in [0.25, 0.3) is 0 Å². The van der Waals surface area contributed by atoms with Crippen molar-refractivity contribution in [2.75, 3.05) is 28.3 Å². The Morgan fingerprint density at radius 3 is 1.69 bits per heavy atom. The molecule has 0 fully saturated rings. The smallest absolute Gasteiger partial charge is 0.335 e. The van der Waals surface area contributed by atoms with Gasteiger partial charge in [-0.15, -0.1) is 0 Å². The number of nitrogens with zero attached hydrogens (tertiary/aromatic N) is 1. The average Bonchev–Trinajstić information content (AvgIpc) is 3.24. The number of carbonyl (C=O) groups is 7. The summed E-state index contributed by atoms with van der Waals surface area (Å²) in [7, 11) is 1.52. The molecule has 17 heteroatoms. The third-order valence-electron chi connectivity index (χ3n) is 8.43. The summed E-state index contributed by atoms with van der Waals surface area (Å²) >= 11 is 0. The summed E-state index contributed by atoms with van der Waals surface area (Å²) < 4.78 is 5.72. The van der Waals surface area contributed by atoms with Gasteiger partial charge in [0, 0.05) is 33.8 Å². The highest BCUT2D eigenvalue weighted by Crippen LogP contribution is 2.39. The van der Waals surface area contributed by atoms with E-state index < -0.39 is 47.5 Å². The lowest BCUT2D eigenvalue weighted by Crippen LogP contribution is -2.41. The van der Waals surface area contributed by atoms with E-state index in [2.05, 4.69) is 26.6 Å². The third-order valence-corrected chi connectivity index (χ3v) is 8.43. The van der Waals surface area contributed by atoms with Crippen LogP contribution in [0.2, 0.25) is 0 Å². The minimum atomic E-state index is -1.11. The Morgan fingerprint density at radius 1 is 0.705 bits per heavy atom. The Labute approximate surface area is 349 Å². The van der Waals surface area contributed by atoms with Crippen molar-refractivity contribution in [1.82, 2.24) is 5.32 Å². The molecule has 0 aromatic heterocycles. The molecule has 0 radical (unpaired) electrons. The first kappa shape index (κ1) is 45.3. The number of ether oxygens (including phenoxy) is 1. The molecule has 1 unspecified atom stereocenters. The standard InChI is InChI=1S/C29H31N5O8.C15H10N2O2/c1-15(2)42-25-21(13-12-20(24(25)36)27(38)32-18-10-6-17(7-11-18)29(40)41)34-26(37)16-4-8-19(9-5-16)33-28(39)22(31-3)14-23(30)35;16-9-11-1-5-13(6-2-11)15(19)17-14-7-3-12(10-18)4-8-14/h4-13,15,22,31,36H,14H2,1-3H3,(H2,30,35)(H,32,38)(H,33,39)(H,34,37)(H,40,41);1-8,10H,(H,17,19). The van der Waals surface area contributed by atoms with Crippen LogP contribution in [0.4, 0.5) is 22.7 Å². The largest absolute Gasteiger partial charge is 0.504 e. The van der Waals surface area contributed by atoms with Gasteiger partial charge in [0.2, 0.25) is 11.8 Å². The summed E-state index contributed by atoms with van der Waals surface area (Å²) in [6.07, 6.45) is 0.135.